The third kappa shape index (κ3) is 2.78. The molecule has 0 spiro atoms. The van der Waals surface area contributed by atoms with Crippen LogP contribution in [0, 0.1) is 12.8 Å². The number of hydrogen-bond donors (Lipinski definition) is 0. The number of aryl methyl sites for hydroxylation is 1. The van der Waals surface area contributed by atoms with E-state index in [1.54, 1.807) is 6.26 Å². The van der Waals surface area contributed by atoms with Gasteiger partial charge in [0.2, 0.25) is 0 Å². The number of piperidine rings is 1. The second-order valence-electron chi connectivity index (χ2n) is 6.52. The Hall–Kier alpha value is -1.52. The monoisotopic (exact) mass is 286 g/mol. The van der Waals surface area contributed by atoms with Crippen LogP contribution in [0.5, 0.6) is 0 Å². The predicted molar refractivity (Wildman–Crippen MR) is 79.7 cm³/mol. The third-order valence-electron chi connectivity index (χ3n) is 4.74. The summed E-state index contributed by atoms with van der Waals surface area (Å²) >= 11 is 0. The molecule has 0 amide bonds. The first-order valence-corrected chi connectivity index (χ1v) is 7.79. The molecule has 112 valence electrons. The van der Waals surface area contributed by atoms with E-state index in [9.17, 15) is 0 Å². The third-order valence-corrected chi connectivity index (χ3v) is 4.74. The summed E-state index contributed by atoms with van der Waals surface area (Å²) in [6.45, 7) is 7.54. The highest BCUT2D eigenvalue weighted by molar-refractivity contribution is 5.08. The van der Waals surface area contributed by atoms with Gasteiger partial charge in [-0.1, -0.05) is 0 Å². The van der Waals surface area contributed by atoms with Gasteiger partial charge in [0.1, 0.15) is 11.5 Å². The van der Waals surface area contributed by atoms with E-state index in [0.717, 1.165) is 37.1 Å². The lowest BCUT2D eigenvalue weighted by atomic mass is 10.00. The Morgan fingerprint density at radius 2 is 2.10 bits per heavy atom. The van der Waals surface area contributed by atoms with E-state index in [0.29, 0.717) is 6.04 Å². The van der Waals surface area contributed by atoms with Crippen LogP contribution < -0.4 is 0 Å². The van der Waals surface area contributed by atoms with Crippen LogP contribution in [0.1, 0.15) is 23.5 Å². The summed E-state index contributed by atoms with van der Waals surface area (Å²) in [4.78, 5) is 5.16. The van der Waals surface area contributed by atoms with E-state index in [1.807, 2.05) is 13.2 Å². The zero-order valence-corrected chi connectivity index (χ0v) is 12.5. The fraction of sp³-hybridized carbons (Fsp3) is 0.529. The highest BCUT2D eigenvalue weighted by atomic mass is 16.3. The van der Waals surface area contributed by atoms with Crippen LogP contribution in [0.25, 0.3) is 0 Å². The molecule has 0 N–H and O–H groups in total. The molecule has 0 aromatic carbocycles. The molecule has 21 heavy (non-hydrogen) atoms. The molecule has 2 bridgehead atoms. The average Bonchev–Trinajstić information content (AvgIpc) is 3.14. The molecule has 2 saturated heterocycles. The van der Waals surface area contributed by atoms with Gasteiger partial charge in [0.05, 0.1) is 19.1 Å². The molecule has 4 heteroatoms. The van der Waals surface area contributed by atoms with Crippen LogP contribution in [0.4, 0.5) is 0 Å². The predicted octanol–water partition coefficient (Wildman–Crippen LogP) is 2.89. The quantitative estimate of drug-likeness (QED) is 0.865. The Morgan fingerprint density at radius 3 is 2.86 bits per heavy atom. The minimum atomic E-state index is 0.668. The molecule has 2 atom stereocenters. The number of furan rings is 2. The second-order valence-corrected chi connectivity index (χ2v) is 6.52. The average molecular weight is 286 g/mol. The van der Waals surface area contributed by atoms with Gasteiger partial charge in [0, 0.05) is 37.8 Å². The lowest BCUT2D eigenvalue weighted by Gasteiger charge is -2.32. The van der Waals surface area contributed by atoms with Crippen molar-refractivity contribution in [1.29, 1.82) is 0 Å². The summed E-state index contributed by atoms with van der Waals surface area (Å²) in [5, 5.41) is 0. The molecule has 4 heterocycles. The summed E-state index contributed by atoms with van der Waals surface area (Å²) in [5.41, 5.74) is 1.28. The standard InChI is InChI=1S/C17H22N2O2/c1-13-2-3-17(21-13)11-19-9-15-6-16(19)10-18(8-15)7-14-4-5-20-12-14/h2-5,12,15-16H,6-11H2,1H3. The maximum atomic E-state index is 5.74. The van der Waals surface area contributed by atoms with Crippen molar-refractivity contribution in [2.45, 2.75) is 32.5 Å². The fourth-order valence-corrected chi connectivity index (χ4v) is 3.88. The summed E-state index contributed by atoms with van der Waals surface area (Å²) in [6.07, 6.45) is 4.96. The normalized spacial score (nSPS) is 26.5. The molecule has 2 unspecified atom stereocenters. The maximum Gasteiger partial charge on any atom is 0.118 e. The molecule has 0 saturated carbocycles. The molecule has 2 aromatic rings. The van der Waals surface area contributed by atoms with Crippen molar-refractivity contribution in [2.24, 2.45) is 5.92 Å². The van der Waals surface area contributed by atoms with Gasteiger partial charge in [-0.3, -0.25) is 9.80 Å². The van der Waals surface area contributed by atoms with Gasteiger partial charge in [0.25, 0.3) is 0 Å². The molecular formula is C17H22N2O2. The topological polar surface area (TPSA) is 32.8 Å². The van der Waals surface area contributed by atoms with Gasteiger partial charge in [-0.05, 0) is 37.5 Å². The van der Waals surface area contributed by atoms with Crippen molar-refractivity contribution in [2.75, 3.05) is 19.6 Å². The van der Waals surface area contributed by atoms with Crippen LogP contribution >= 0.6 is 0 Å². The Labute approximate surface area is 125 Å². The molecule has 4 rings (SSSR count). The van der Waals surface area contributed by atoms with Crippen LogP contribution in [-0.2, 0) is 13.1 Å². The Balaban J connectivity index is 1.40. The van der Waals surface area contributed by atoms with E-state index >= 15 is 0 Å². The van der Waals surface area contributed by atoms with E-state index in [2.05, 4.69) is 28.0 Å². The second kappa shape index (κ2) is 5.35. The highest BCUT2D eigenvalue weighted by Crippen LogP contribution is 2.31. The Bertz CT molecular complexity index is 590. The number of likely N-dealkylation sites (tertiary alicyclic amines) is 2. The molecule has 4 nitrogen and oxygen atoms in total. The van der Waals surface area contributed by atoms with Crippen molar-refractivity contribution in [3.63, 3.8) is 0 Å². The summed E-state index contributed by atoms with van der Waals surface area (Å²) in [7, 11) is 0. The van der Waals surface area contributed by atoms with Crippen molar-refractivity contribution in [3.05, 3.63) is 47.8 Å². The van der Waals surface area contributed by atoms with Crippen molar-refractivity contribution in [1.82, 2.24) is 9.80 Å². The zero-order valence-electron chi connectivity index (χ0n) is 12.5. The Morgan fingerprint density at radius 1 is 1.14 bits per heavy atom. The first-order chi connectivity index (χ1) is 10.3. The zero-order chi connectivity index (χ0) is 14.2. The van der Waals surface area contributed by atoms with E-state index in [-0.39, 0.29) is 0 Å². The number of fused-ring (bicyclic) bond motifs is 2. The number of nitrogens with zero attached hydrogens (tertiary/aromatic N) is 2. The smallest absolute Gasteiger partial charge is 0.118 e. The van der Waals surface area contributed by atoms with Gasteiger partial charge in [-0.25, -0.2) is 0 Å². The van der Waals surface area contributed by atoms with Crippen LogP contribution in [0.15, 0.2) is 39.6 Å². The lowest BCUT2D eigenvalue weighted by molar-refractivity contribution is 0.149. The first kappa shape index (κ1) is 13.2. The first-order valence-electron chi connectivity index (χ1n) is 7.79. The van der Waals surface area contributed by atoms with Gasteiger partial charge in [-0.15, -0.1) is 0 Å². The van der Waals surface area contributed by atoms with Gasteiger partial charge < -0.3 is 8.83 Å². The van der Waals surface area contributed by atoms with Gasteiger partial charge in [0.15, 0.2) is 0 Å². The van der Waals surface area contributed by atoms with Crippen molar-refractivity contribution >= 4 is 0 Å². The van der Waals surface area contributed by atoms with E-state index in [4.69, 9.17) is 8.83 Å². The van der Waals surface area contributed by atoms with E-state index in [1.165, 1.54) is 25.1 Å². The maximum absolute atomic E-state index is 5.74. The highest BCUT2D eigenvalue weighted by Gasteiger charge is 2.38. The van der Waals surface area contributed by atoms with Crippen LogP contribution in [-0.4, -0.2) is 35.5 Å². The molecule has 2 aliphatic heterocycles. The Kier molecular flexibility index (Phi) is 3.36. The van der Waals surface area contributed by atoms with Crippen molar-refractivity contribution < 1.29 is 8.83 Å². The van der Waals surface area contributed by atoms with Crippen LogP contribution in [0.2, 0.25) is 0 Å². The SMILES string of the molecule is Cc1ccc(CN2CC3CC2CN(Cc2ccoc2)C3)o1. The molecule has 0 aliphatic carbocycles. The summed E-state index contributed by atoms with van der Waals surface area (Å²) in [6, 6.07) is 6.91. The number of hydrogen-bond acceptors (Lipinski definition) is 4. The van der Waals surface area contributed by atoms with Crippen molar-refractivity contribution in [3.8, 4) is 0 Å². The van der Waals surface area contributed by atoms with Gasteiger partial charge >= 0.3 is 0 Å². The largest absolute Gasteiger partial charge is 0.472 e. The minimum absolute atomic E-state index is 0.668. The molecule has 2 fully saturated rings. The van der Waals surface area contributed by atoms with Gasteiger partial charge in [-0.2, -0.15) is 0 Å². The number of rotatable bonds is 4. The molecule has 2 aromatic heterocycles. The summed E-state index contributed by atoms with van der Waals surface area (Å²) < 4.78 is 10.9. The minimum Gasteiger partial charge on any atom is -0.472 e. The molecule has 0 radical (unpaired) electrons. The van der Waals surface area contributed by atoms with Crippen LogP contribution in [0.3, 0.4) is 0 Å². The lowest BCUT2D eigenvalue weighted by Crippen LogP contribution is -2.41. The van der Waals surface area contributed by atoms with E-state index < -0.39 is 0 Å². The summed E-state index contributed by atoms with van der Waals surface area (Å²) in [5.74, 6) is 2.90. The fourth-order valence-electron chi connectivity index (χ4n) is 3.88. The molecule has 2 aliphatic rings. The molecular weight excluding hydrogens is 264 g/mol.